The molecule has 4 aromatic carbocycles. The minimum atomic E-state index is 0.185. The van der Waals surface area contributed by atoms with Gasteiger partial charge in [-0.2, -0.15) is 0 Å². The highest BCUT2D eigenvalue weighted by molar-refractivity contribution is 6.04. The van der Waals surface area contributed by atoms with E-state index >= 15 is 0 Å². The van der Waals surface area contributed by atoms with Gasteiger partial charge in [-0.3, -0.25) is 0 Å². The summed E-state index contributed by atoms with van der Waals surface area (Å²) in [7, 11) is 0. The van der Waals surface area contributed by atoms with Gasteiger partial charge in [0.05, 0.1) is 13.2 Å². The molecule has 0 aliphatic carbocycles. The SMILES string of the molecule is OCCCCOc1ccc(C(=C(c2ccccc2)c2ccccc2)c2ccc(OCCCCO)cc2)cc1. The number of ether oxygens (including phenoxy) is 2. The largest absolute Gasteiger partial charge is 0.494 e. The van der Waals surface area contributed by atoms with Crippen molar-refractivity contribution in [1.82, 2.24) is 0 Å². The molecule has 196 valence electrons. The Kier molecular flexibility index (Phi) is 10.6. The lowest BCUT2D eigenvalue weighted by atomic mass is 9.86. The maximum absolute atomic E-state index is 9.01. The predicted molar refractivity (Wildman–Crippen MR) is 154 cm³/mol. The molecule has 0 saturated carbocycles. The number of rotatable bonds is 14. The maximum Gasteiger partial charge on any atom is 0.119 e. The molecule has 0 aliphatic heterocycles. The second kappa shape index (κ2) is 14.8. The first-order valence-electron chi connectivity index (χ1n) is 13.3. The Hall–Kier alpha value is -3.86. The lowest BCUT2D eigenvalue weighted by Gasteiger charge is -2.19. The summed E-state index contributed by atoms with van der Waals surface area (Å²) < 4.78 is 11.8. The monoisotopic (exact) mass is 508 g/mol. The highest BCUT2D eigenvalue weighted by atomic mass is 16.5. The molecule has 0 aromatic heterocycles. The molecule has 4 heteroatoms. The van der Waals surface area contributed by atoms with E-state index in [0.717, 1.165) is 70.6 Å². The summed E-state index contributed by atoms with van der Waals surface area (Å²) in [5.74, 6) is 1.64. The lowest BCUT2D eigenvalue weighted by molar-refractivity contribution is 0.253. The molecule has 0 radical (unpaired) electrons. The molecule has 0 saturated heterocycles. The minimum Gasteiger partial charge on any atom is -0.494 e. The topological polar surface area (TPSA) is 58.9 Å². The summed E-state index contributed by atoms with van der Waals surface area (Å²) in [6, 6.07) is 37.5. The molecule has 4 aromatic rings. The molecule has 0 unspecified atom stereocenters. The van der Waals surface area contributed by atoms with E-state index in [1.165, 1.54) is 0 Å². The fourth-order valence-corrected chi connectivity index (χ4v) is 4.36. The van der Waals surface area contributed by atoms with Gasteiger partial charge in [0, 0.05) is 13.2 Å². The standard InChI is InChI=1S/C34H36O4/c35-23-7-9-25-37-31-19-15-29(16-20-31)34(30-17-21-32(22-18-30)38-26-10-8-24-36)33(27-11-3-1-4-12-27)28-13-5-2-6-14-28/h1-6,11-22,35-36H,7-10,23-26H2. The number of unbranched alkanes of at least 4 members (excludes halogenated alkanes) is 2. The number of benzene rings is 4. The molecule has 0 aliphatic rings. The van der Waals surface area contributed by atoms with Crippen molar-refractivity contribution in [2.75, 3.05) is 26.4 Å². The molecule has 2 N–H and O–H groups in total. The Labute approximate surface area is 225 Å². The van der Waals surface area contributed by atoms with Crippen molar-refractivity contribution in [2.24, 2.45) is 0 Å². The first kappa shape index (κ1) is 27.2. The van der Waals surface area contributed by atoms with Crippen molar-refractivity contribution in [3.8, 4) is 11.5 Å². The third-order valence-corrected chi connectivity index (χ3v) is 6.30. The Morgan fingerprint density at radius 2 is 0.763 bits per heavy atom. The first-order valence-corrected chi connectivity index (χ1v) is 13.3. The molecule has 0 bridgehead atoms. The van der Waals surface area contributed by atoms with Crippen molar-refractivity contribution in [2.45, 2.75) is 25.7 Å². The van der Waals surface area contributed by atoms with Crippen molar-refractivity contribution < 1.29 is 19.7 Å². The van der Waals surface area contributed by atoms with Gasteiger partial charge in [0.15, 0.2) is 0 Å². The van der Waals surface area contributed by atoms with Crippen LogP contribution in [0.5, 0.6) is 11.5 Å². The van der Waals surface area contributed by atoms with Gasteiger partial charge in [-0.15, -0.1) is 0 Å². The third-order valence-electron chi connectivity index (χ3n) is 6.30. The van der Waals surface area contributed by atoms with Crippen LogP contribution in [-0.4, -0.2) is 36.6 Å². The van der Waals surface area contributed by atoms with Gasteiger partial charge >= 0.3 is 0 Å². The molecule has 0 spiro atoms. The first-order chi connectivity index (χ1) is 18.8. The van der Waals surface area contributed by atoms with Crippen LogP contribution in [0.1, 0.15) is 47.9 Å². The van der Waals surface area contributed by atoms with Crippen LogP contribution >= 0.6 is 0 Å². The van der Waals surface area contributed by atoms with E-state index in [2.05, 4.69) is 72.8 Å². The maximum atomic E-state index is 9.01. The highest BCUT2D eigenvalue weighted by Crippen LogP contribution is 2.37. The number of aliphatic hydroxyl groups is 2. The summed E-state index contributed by atoms with van der Waals surface area (Å²) in [5, 5.41) is 18.0. The Bertz CT molecular complexity index is 1150. The average Bonchev–Trinajstić information content (AvgIpc) is 2.98. The zero-order valence-electron chi connectivity index (χ0n) is 21.8. The third kappa shape index (κ3) is 7.58. The number of hydrogen-bond acceptors (Lipinski definition) is 4. The highest BCUT2D eigenvalue weighted by Gasteiger charge is 2.16. The predicted octanol–water partition coefficient (Wildman–Crippen LogP) is 7.00. The second-order valence-electron chi connectivity index (χ2n) is 9.09. The molecule has 4 nitrogen and oxygen atoms in total. The average molecular weight is 509 g/mol. The van der Waals surface area contributed by atoms with Gasteiger partial charge in [0.1, 0.15) is 11.5 Å². The molecule has 0 amide bonds. The van der Waals surface area contributed by atoms with E-state index < -0.39 is 0 Å². The fourth-order valence-electron chi connectivity index (χ4n) is 4.36. The van der Waals surface area contributed by atoms with E-state index in [1.807, 2.05) is 36.4 Å². The normalized spacial score (nSPS) is 10.7. The lowest BCUT2D eigenvalue weighted by Crippen LogP contribution is -2.01. The smallest absolute Gasteiger partial charge is 0.119 e. The van der Waals surface area contributed by atoms with Gasteiger partial charge in [-0.25, -0.2) is 0 Å². The van der Waals surface area contributed by atoms with E-state index in [4.69, 9.17) is 19.7 Å². The van der Waals surface area contributed by atoms with E-state index in [1.54, 1.807) is 0 Å². The summed E-state index contributed by atoms with van der Waals surface area (Å²) >= 11 is 0. The van der Waals surface area contributed by atoms with Crippen molar-refractivity contribution in [1.29, 1.82) is 0 Å². The van der Waals surface area contributed by atoms with Gasteiger partial charge in [0.25, 0.3) is 0 Å². The molecular formula is C34H36O4. The molecule has 0 fully saturated rings. The zero-order chi connectivity index (χ0) is 26.4. The number of aliphatic hydroxyl groups excluding tert-OH is 2. The quantitative estimate of drug-likeness (QED) is 0.142. The van der Waals surface area contributed by atoms with Gasteiger partial charge < -0.3 is 19.7 Å². The van der Waals surface area contributed by atoms with Gasteiger partial charge in [0.2, 0.25) is 0 Å². The van der Waals surface area contributed by atoms with Gasteiger partial charge in [-0.1, -0.05) is 84.9 Å². The van der Waals surface area contributed by atoms with Gasteiger partial charge in [-0.05, 0) is 83.3 Å². The summed E-state index contributed by atoms with van der Waals surface area (Å²) in [6.45, 7) is 1.54. The van der Waals surface area contributed by atoms with Crippen molar-refractivity contribution >= 4 is 11.1 Å². The molecule has 38 heavy (non-hydrogen) atoms. The fraction of sp³-hybridized carbons (Fsp3) is 0.235. The Balaban J connectivity index is 1.76. The second-order valence-corrected chi connectivity index (χ2v) is 9.09. The van der Waals surface area contributed by atoms with Crippen LogP contribution in [0.15, 0.2) is 109 Å². The van der Waals surface area contributed by atoms with Crippen LogP contribution in [-0.2, 0) is 0 Å². The Morgan fingerprint density at radius 3 is 1.11 bits per heavy atom. The van der Waals surface area contributed by atoms with Crippen molar-refractivity contribution in [3.63, 3.8) is 0 Å². The summed E-state index contributed by atoms with van der Waals surface area (Å²) in [4.78, 5) is 0. The van der Waals surface area contributed by atoms with E-state index in [0.29, 0.717) is 13.2 Å². The van der Waals surface area contributed by atoms with Crippen LogP contribution in [0.3, 0.4) is 0 Å². The summed E-state index contributed by atoms with van der Waals surface area (Å²) in [6.07, 6.45) is 3.13. The van der Waals surface area contributed by atoms with Crippen LogP contribution in [0.4, 0.5) is 0 Å². The van der Waals surface area contributed by atoms with Crippen molar-refractivity contribution in [3.05, 3.63) is 131 Å². The van der Waals surface area contributed by atoms with Crippen LogP contribution in [0, 0.1) is 0 Å². The van der Waals surface area contributed by atoms with Crippen LogP contribution in [0.25, 0.3) is 11.1 Å². The van der Waals surface area contributed by atoms with Crippen LogP contribution in [0.2, 0.25) is 0 Å². The van der Waals surface area contributed by atoms with Crippen LogP contribution < -0.4 is 9.47 Å². The van der Waals surface area contributed by atoms with E-state index in [-0.39, 0.29) is 13.2 Å². The molecule has 0 heterocycles. The molecular weight excluding hydrogens is 472 g/mol. The van der Waals surface area contributed by atoms with E-state index in [9.17, 15) is 0 Å². The zero-order valence-corrected chi connectivity index (χ0v) is 21.8. The molecule has 4 rings (SSSR count). The molecule has 0 atom stereocenters. The minimum absolute atomic E-state index is 0.185. The Morgan fingerprint density at radius 1 is 0.421 bits per heavy atom. The summed E-state index contributed by atoms with van der Waals surface area (Å²) in [5.41, 5.74) is 6.74. The number of hydrogen-bond donors (Lipinski definition) is 2.